The number of hydrogen-bond acceptors (Lipinski definition) is 5. The topological polar surface area (TPSA) is 39.7 Å². The molecule has 0 aliphatic carbocycles. The molecule has 1 saturated heterocycles. The fourth-order valence-electron chi connectivity index (χ4n) is 4.75. The van der Waals surface area contributed by atoms with Crippen LogP contribution in [0.2, 0.25) is 5.02 Å². The second-order valence-corrected chi connectivity index (χ2v) is 11.2. The third-order valence-corrected chi connectivity index (χ3v) is 7.96. The van der Waals surface area contributed by atoms with Gasteiger partial charge in [-0.15, -0.1) is 11.3 Å². The molecule has 1 amide bonds. The van der Waals surface area contributed by atoms with Crippen LogP contribution in [0.4, 0.5) is 23.2 Å². The molecule has 1 aliphatic heterocycles. The van der Waals surface area contributed by atoms with E-state index in [1.807, 2.05) is 29.2 Å². The van der Waals surface area contributed by atoms with Crippen LogP contribution in [-0.2, 0) is 25.8 Å². The Morgan fingerprint density at radius 1 is 0.902 bits per heavy atom. The van der Waals surface area contributed by atoms with Crippen molar-refractivity contribution in [2.45, 2.75) is 25.8 Å². The number of hydrogen-bond donors (Lipinski definition) is 0. The van der Waals surface area contributed by atoms with E-state index in [2.05, 4.69) is 9.88 Å². The summed E-state index contributed by atoms with van der Waals surface area (Å²) in [4.78, 5) is 23.5. The predicted molar refractivity (Wildman–Crippen MR) is 152 cm³/mol. The highest BCUT2D eigenvalue weighted by Crippen LogP contribution is 2.32. The van der Waals surface area contributed by atoms with Gasteiger partial charge in [-0.3, -0.25) is 9.69 Å². The highest BCUT2D eigenvalue weighted by Gasteiger charge is 2.31. The Bertz CT molecular complexity index is 1420. The van der Waals surface area contributed by atoms with E-state index in [4.69, 9.17) is 11.6 Å². The average Bonchev–Trinajstić information content (AvgIpc) is 3.43. The molecule has 11 heteroatoms. The maximum atomic E-state index is 13.4. The lowest BCUT2D eigenvalue weighted by molar-refractivity contribution is -0.137. The Kier molecular flexibility index (Phi) is 8.91. The number of nitrogens with zero attached hydrogens (tertiary/aromatic N) is 4. The lowest BCUT2D eigenvalue weighted by atomic mass is 10.1. The van der Waals surface area contributed by atoms with Gasteiger partial charge in [-0.2, -0.15) is 13.2 Å². The van der Waals surface area contributed by atoms with Crippen molar-refractivity contribution in [3.63, 3.8) is 0 Å². The third kappa shape index (κ3) is 7.63. The van der Waals surface area contributed by atoms with Gasteiger partial charge >= 0.3 is 6.18 Å². The molecule has 2 heterocycles. The van der Waals surface area contributed by atoms with E-state index < -0.39 is 11.7 Å². The van der Waals surface area contributed by atoms with Crippen molar-refractivity contribution in [3.8, 4) is 0 Å². The van der Waals surface area contributed by atoms with Gasteiger partial charge in [0, 0.05) is 55.4 Å². The molecule has 0 atom stereocenters. The number of carbonyl (C=O) groups is 1. The van der Waals surface area contributed by atoms with Crippen LogP contribution in [0.5, 0.6) is 0 Å². The standard InChI is InChI=1S/C30H27ClF4N4OS/c31-24-8-4-21(5-9-24)17-37(18-22-6-10-25(32)11-7-22)19-28-36-27(20-41-28)29(40)39-14-12-38(13-15-39)26-3-1-2-23(16-26)30(33,34)35/h1-11,16,20H,12-15,17-19H2. The molecule has 41 heavy (non-hydrogen) atoms. The quantitative estimate of drug-likeness (QED) is 0.201. The molecule has 0 spiro atoms. The highest BCUT2D eigenvalue weighted by atomic mass is 35.5. The molecule has 0 unspecified atom stereocenters. The van der Waals surface area contributed by atoms with Crippen molar-refractivity contribution >= 4 is 34.5 Å². The van der Waals surface area contributed by atoms with Gasteiger partial charge in [0.15, 0.2) is 0 Å². The molecule has 1 fully saturated rings. The summed E-state index contributed by atoms with van der Waals surface area (Å²) in [6.45, 7) is 3.27. The number of thiazole rings is 1. The maximum Gasteiger partial charge on any atom is 0.416 e. The van der Waals surface area contributed by atoms with Crippen LogP contribution in [-0.4, -0.2) is 46.9 Å². The van der Waals surface area contributed by atoms with E-state index in [1.165, 1.54) is 29.5 Å². The van der Waals surface area contributed by atoms with Crippen molar-refractivity contribution < 1.29 is 22.4 Å². The summed E-state index contributed by atoms with van der Waals surface area (Å²) in [6, 6.07) is 19.2. The van der Waals surface area contributed by atoms with Gasteiger partial charge < -0.3 is 9.80 Å². The second kappa shape index (κ2) is 12.6. The number of benzene rings is 3. The van der Waals surface area contributed by atoms with E-state index in [0.717, 1.165) is 28.3 Å². The second-order valence-electron chi connectivity index (χ2n) is 9.85. The number of rotatable bonds is 8. The average molecular weight is 603 g/mol. The van der Waals surface area contributed by atoms with Crippen LogP contribution in [0.25, 0.3) is 0 Å². The number of aromatic nitrogens is 1. The van der Waals surface area contributed by atoms with E-state index in [0.29, 0.717) is 62.2 Å². The van der Waals surface area contributed by atoms with E-state index in [9.17, 15) is 22.4 Å². The number of anilines is 1. The molecule has 5 rings (SSSR count). The van der Waals surface area contributed by atoms with Gasteiger partial charge in [-0.25, -0.2) is 9.37 Å². The van der Waals surface area contributed by atoms with Crippen LogP contribution in [0.15, 0.2) is 78.2 Å². The summed E-state index contributed by atoms with van der Waals surface area (Å²) >= 11 is 7.44. The molecule has 0 bridgehead atoms. The minimum Gasteiger partial charge on any atom is -0.368 e. The number of alkyl halides is 3. The summed E-state index contributed by atoms with van der Waals surface area (Å²) in [7, 11) is 0. The zero-order valence-corrected chi connectivity index (χ0v) is 23.5. The van der Waals surface area contributed by atoms with Crippen molar-refractivity contribution in [2.24, 2.45) is 0 Å². The molecular weight excluding hydrogens is 576 g/mol. The zero-order valence-electron chi connectivity index (χ0n) is 22.0. The number of piperazine rings is 1. The van der Waals surface area contributed by atoms with Crippen LogP contribution in [0, 0.1) is 5.82 Å². The Hall–Kier alpha value is -3.47. The highest BCUT2D eigenvalue weighted by molar-refractivity contribution is 7.09. The smallest absolute Gasteiger partial charge is 0.368 e. The largest absolute Gasteiger partial charge is 0.416 e. The number of halogens is 5. The minimum atomic E-state index is -4.40. The first kappa shape index (κ1) is 29.0. The van der Waals surface area contributed by atoms with E-state index >= 15 is 0 Å². The monoisotopic (exact) mass is 602 g/mol. The Balaban J connectivity index is 1.22. The van der Waals surface area contributed by atoms with Gasteiger partial charge in [-0.05, 0) is 53.6 Å². The summed E-state index contributed by atoms with van der Waals surface area (Å²) in [5.41, 5.74) is 2.17. The molecule has 1 aliphatic rings. The maximum absolute atomic E-state index is 13.4. The molecule has 0 radical (unpaired) electrons. The van der Waals surface area contributed by atoms with Crippen LogP contribution in [0.1, 0.15) is 32.2 Å². The van der Waals surface area contributed by atoms with Gasteiger partial charge in [-0.1, -0.05) is 41.9 Å². The summed E-state index contributed by atoms with van der Waals surface area (Å²) in [5.74, 6) is -0.490. The Morgan fingerprint density at radius 3 is 2.17 bits per heavy atom. The Morgan fingerprint density at radius 2 is 1.54 bits per heavy atom. The van der Waals surface area contributed by atoms with Crippen molar-refractivity contribution in [2.75, 3.05) is 31.1 Å². The molecule has 1 aromatic heterocycles. The van der Waals surface area contributed by atoms with Crippen molar-refractivity contribution in [1.29, 1.82) is 0 Å². The molecule has 0 saturated carbocycles. The first-order valence-electron chi connectivity index (χ1n) is 13.0. The van der Waals surface area contributed by atoms with E-state index in [1.54, 1.807) is 28.5 Å². The number of amides is 1. The summed E-state index contributed by atoms with van der Waals surface area (Å²) in [5, 5.41) is 3.17. The zero-order chi connectivity index (χ0) is 29.0. The fraction of sp³-hybridized carbons (Fsp3) is 0.267. The minimum absolute atomic E-state index is 0.195. The molecule has 0 N–H and O–H groups in total. The van der Waals surface area contributed by atoms with Gasteiger partial charge in [0.05, 0.1) is 12.1 Å². The lowest BCUT2D eigenvalue weighted by Crippen LogP contribution is -2.49. The Labute approximate surface area is 244 Å². The van der Waals surface area contributed by atoms with Crippen LogP contribution in [0.3, 0.4) is 0 Å². The van der Waals surface area contributed by atoms with Gasteiger partial charge in [0.25, 0.3) is 5.91 Å². The summed E-state index contributed by atoms with van der Waals surface area (Å²) in [6.07, 6.45) is -4.40. The first-order valence-corrected chi connectivity index (χ1v) is 14.3. The van der Waals surface area contributed by atoms with E-state index in [-0.39, 0.29) is 11.7 Å². The van der Waals surface area contributed by atoms with Crippen molar-refractivity contribution in [1.82, 2.24) is 14.8 Å². The predicted octanol–water partition coefficient (Wildman–Crippen LogP) is 7.12. The fourth-order valence-corrected chi connectivity index (χ4v) is 5.68. The summed E-state index contributed by atoms with van der Waals surface area (Å²) < 4.78 is 52.8. The van der Waals surface area contributed by atoms with Crippen LogP contribution < -0.4 is 4.90 Å². The first-order chi connectivity index (χ1) is 19.6. The normalized spacial score (nSPS) is 14.1. The number of carbonyl (C=O) groups excluding carboxylic acids is 1. The SMILES string of the molecule is O=C(c1csc(CN(Cc2ccc(F)cc2)Cc2ccc(Cl)cc2)n1)N1CCN(c2cccc(C(F)(F)F)c2)CC1. The molecule has 5 nitrogen and oxygen atoms in total. The molecule has 4 aromatic rings. The lowest BCUT2D eigenvalue weighted by Gasteiger charge is -2.36. The third-order valence-electron chi connectivity index (χ3n) is 6.87. The van der Waals surface area contributed by atoms with Gasteiger partial charge in [0.2, 0.25) is 0 Å². The van der Waals surface area contributed by atoms with Gasteiger partial charge in [0.1, 0.15) is 16.5 Å². The molecule has 214 valence electrons. The molecule has 3 aromatic carbocycles. The van der Waals surface area contributed by atoms with Crippen LogP contribution >= 0.6 is 22.9 Å². The van der Waals surface area contributed by atoms with Crippen molar-refractivity contribution in [3.05, 3.63) is 116 Å². The molecular formula is C30H27ClF4N4OS.